The van der Waals surface area contributed by atoms with Crippen LogP contribution in [0.2, 0.25) is 0 Å². The molecule has 24 heavy (non-hydrogen) atoms. The monoisotopic (exact) mass is 334 g/mol. The highest BCUT2D eigenvalue weighted by atomic mass is 16.5. The molecule has 9 heteroatoms. The van der Waals surface area contributed by atoms with Crippen molar-refractivity contribution in [3.05, 3.63) is 23.4 Å². The molecule has 1 aliphatic rings. The van der Waals surface area contributed by atoms with Gasteiger partial charge in [0.25, 0.3) is 0 Å². The van der Waals surface area contributed by atoms with Gasteiger partial charge in [0.15, 0.2) is 11.6 Å². The summed E-state index contributed by atoms with van der Waals surface area (Å²) < 4.78 is 10.4. The van der Waals surface area contributed by atoms with E-state index in [2.05, 4.69) is 30.5 Å². The minimum atomic E-state index is -0.387. The van der Waals surface area contributed by atoms with Crippen molar-refractivity contribution in [3.8, 4) is 0 Å². The van der Waals surface area contributed by atoms with Crippen LogP contribution in [0.4, 0.5) is 0 Å². The van der Waals surface area contributed by atoms with Gasteiger partial charge < -0.3 is 14.4 Å². The van der Waals surface area contributed by atoms with Crippen molar-refractivity contribution in [1.82, 2.24) is 30.5 Å². The number of nitrogens with zero attached hydrogens (tertiary/aromatic N) is 5. The molecule has 1 N–H and O–H groups in total. The number of nitrogens with one attached hydrogen (secondary N) is 1. The van der Waals surface area contributed by atoms with Crippen LogP contribution in [0.15, 0.2) is 9.05 Å². The Bertz CT molecular complexity index is 695. The van der Waals surface area contributed by atoms with E-state index in [-0.39, 0.29) is 23.8 Å². The number of carbonyl (C=O) groups excluding carboxylic acids is 1. The lowest BCUT2D eigenvalue weighted by molar-refractivity contribution is 0.0919. The topological polar surface area (TPSA) is 110 Å². The summed E-state index contributed by atoms with van der Waals surface area (Å²) >= 11 is 0. The van der Waals surface area contributed by atoms with Crippen LogP contribution >= 0.6 is 0 Å². The summed E-state index contributed by atoms with van der Waals surface area (Å²) in [6, 6.07) is 0.0423. The lowest BCUT2D eigenvalue weighted by atomic mass is 10.0. The van der Waals surface area contributed by atoms with Gasteiger partial charge in [0.1, 0.15) is 0 Å². The fraction of sp³-hybridized carbons (Fsp3) is 0.667. The van der Waals surface area contributed by atoms with Crippen LogP contribution in [0.5, 0.6) is 0 Å². The van der Waals surface area contributed by atoms with E-state index in [1.54, 1.807) is 0 Å². The summed E-state index contributed by atoms with van der Waals surface area (Å²) in [6.07, 6.45) is 3.14. The third-order valence-electron chi connectivity index (χ3n) is 4.11. The van der Waals surface area contributed by atoms with E-state index in [1.165, 1.54) is 7.05 Å². The third-order valence-corrected chi connectivity index (χ3v) is 4.11. The molecule has 3 rings (SSSR count). The SMILES string of the molecule is CNC(=O)c1nc(CN2CCCCC2c2nc(C(C)C)no2)no1. The molecule has 0 spiro atoms. The summed E-state index contributed by atoms with van der Waals surface area (Å²) in [7, 11) is 1.52. The molecule has 1 aliphatic heterocycles. The smallest absolute Gasteiger partial charge is 0.315 e. The van der Waals surface area contributed by atoms with E-state index < -0.39 is 0 Å². The van der Waals surface area contributed by atoms with Gasteiger partial charge >= 0.3 is 11.8 Å². The Morgan fingerprint density at radius 1 is 1.29 bits per heavy atom. The second-order valence-corrected chi connectivity index (χ2v) is 6.22. The lowest BCUT2D eigenvalue weighted by Crippen LogP contribution is -2.33. The summed E-state index contributed by atoms with van der Waals surface area (Å²) in [5.74, 6) is 1.64. The normalized spacial score (nSPS) is 18.9. The van der Waals surface area contributed by atoms with Crippen molar-refractivity contribution in [3.63, 3.8) is 0 Å². The standard InChI is InChI=1S/C15H22N6O3/c1-9(2)12-18-14(23-20-12)10-6-4-5-7-21(10)8-11-17-15(24-19-11)13(22)16-3/h9-10H,4-8H2,1-3H3,(H,16,22). The van der Waals surface area contributed by atoms with Crippen LogP contribution < -0.4 is 5.32 Å². The maximum absolute atomic E-state index is 11.5. The molecule has 1 amide bonds. The highest BCUT2D eigenvalue weighted by molar-refractivity contribution is 5.89. The van der Waals surface area contributed by atoms with E-state index in [0.717, 1.165) is 31.6 Å². The largest absolute Gasteiger partial charge is 0.351 e. The molecule has 0 aliphatic carbocycles. The Morgan fingerprint density at radius 2 is 2.12 bits per heavy atom. The van der Waals surface area contributed by atoms with Crippen LogP contribution in [0.1, 0.15) is 73.3 Å². The van der Waals surface area contributed by atoms with Gasteiger partial charge in [-0.15, -0.1) is 0 Å². The fourth-order valence-electron chi connectivity index (χ4n) is 2.78. The first-order valence-electron chi connectivity index (χ1n) is 8.20. The summed E-state index contributed by atoms with van der Waals surface area (Å²) in [5, 5.41) is 10.4. The average molecular weight is 334 g/mol. The van der Waals surface area contributed by atoms with Gasteiger partial charge in [0.2, 0.25) is 5.89 Å². The van der Waals surface area contributed by atoms with E-state index >= 15 is 0 Å². The molecule has 1 fully saturated rings. The molecule has 0 saturated carbocycles. The number of hydrogen-bond donors (Lipinski definition) is 1. The number of piperidine rings is 1. The third kappa shape index (κ3) is 3.45. The van der Waals surface area contributed by atoms with E-state index in [9.17, 15) is 4.79 Å². The Kier molecular flexibility index (Phi) is 4.89. The predicted octanol–water partition coefficient (Wildman–Crippen LogP) is 1.66. The Labute approximate surface area is 139 Å². The zero-order valence-electron chi connectivity index (χ0n) is 14.2. The second kappa shape index (κ2) is 7.08. The Balaban J connectivity index is 1.74. The van der Waals surface area contributed by atoms with Crippen molar-refractivity contribution >= 4 is 5.91 Å². The molecule has 3 heterocycles. The predicted molar refractivity (Wildman–Crippen MR) is 83.1 cm³/mol. The molecule has 0 aromatic carbocycles. The lowest BCUT2D eigenvalue weighted by Gasteiger charge is -2.32. The molecule has 130 valence electrons. The molecule has 2 aromatic heterocycles. The first-order valence-corrected chi connectivity index (χ1v) is 8.20. The maximum Gasteiger partial charge on any atom is 0.315 e. The number of amides is 1. The van der Waals surface area contributed by atoms with Crippen LogP contribution in [-0.4, -0.2) is 44.7 Å². The Hall–Kier alpha value is -2.29. The van der Waals surface area contributed by atoms with Crippen molar-refractivity contribution in [2.45, 2.75) is 51.6 Å². The zero-order chi connectivity index (χ0) is 17.1. The molecule has 0 radical (unpaired) electrons. The van der Waals surface area contributed by atoms with Crippen molar-refractivity contribution < 1.29 is 13.8 Å². The highest BCUT2D eigenvalue weighted by Gasteiger charge is 2.30. The van der Waals surface area contributed by atoms with Crippen molar-refractivity contribution in [2.75, 3.05) is 13.6 Å². The van der Waals surface area contributed by atoms with Gasteiger partial charge in [-0.2, -0.15) is 9.97 Å². The van der Waals surface area contributed by atoms with Crippen LogP contribution in [0, 0.1) is 0 Å². The summed E-state index contributed by atoms with van der Waals surface area (Å²) in [5.41, 5.74) is 0. The van der Waals surface area contributed by atoms with Crippen LogP contribution in [0.25, 0.3) is 0 Å². The van der Waals surface area contributed by atoms with Crippen LogP contribution in [-0.2, 0) is 6.54 Å². The van der Waals surface area contributed by atoms with Crippen LogP contribution in [0.3, 0.4) is 0 Å². The highest BCUT2D eigenvalue weighted by Crippen LogP contribution is 2.31. The molecular weight excluding hydrogens is 312 g/mol. The Morgan fingerprint density at radius 3 is 2.83 bits per heavy atom. The summed E-state index contributed by atoms with van der Waals surface area (Å²) in [6.45, 7) is 5.43. The number of rotatable bonds is 5. The molecule has 1 atom stereocenters. The maximum atomic E-state index is 11.5. The number of hydrogen-bond acceptors (Lipinski definition) is 8. The van der Waals surface area contributed by atoms with E-state index in [0.29, 0.717) is 18.3 Å². The number of aromatic nitrogens is 4. The molecule has 1 saturated heterocycles. The minimum absolute atomic E-state index is 0.0269. The number of likely N-dealkylation sites (tertiary alicyclic amines) is 1. The molecule has 0 bridgehead atoms. The van der Waals surface area contributed by atoms with E-state index in [4.69, 9.17) is 9.05 Å². The number of carbonyl (C=O) groups is 1. The van der Waals surface area contributed by atoms with E-state index in [1.807, 2.05) is 13.8 Å². The minimum Gasteiger partial charge on any atom is -0.351 e. The summed E-state index contributed by atoms with van der Waals surface area (Å²) in [4.78, 5) is 22.4. The van der Waals surface area contributed by atoms with Crippen molar-refractivity contribution in [2.24, 2.45) is 0 Å². The van der Waals surface area contributed by atoms with Gasteiger partial charge in [-0.1, -0.05) is 30.6 Å². The van der Waals surface area contributed by atoms with Crippen molar-refractivity contribution in [1.29, 1.82) is 0 Å². The molecular formula is C15H22N6O3. The quantitative estimate of drug-likeness (QED) is 0.879. The average Bonchev–Trinajstić information content (AvgIpc) is 3.24. The zero-order valence-corrected chi connectivity index (χ0v) is 14.2. The van der Waals surface area contributed by atoms with Gasteiger partial charge in [-0.3, -0.25) is 9.69 Å². The fourth-order valence-corrected chi connectivity index (χ4v) is 2.78. The first kappa shape index (κ1) is 16.6. The van der Waals surface area contributed by atoms with Gasteiger partial charge in [-0.05, 0) is 19.4 Å². The molecule has 1 unspecified atom stereocenters. The van der Waals surface area contributed by atoms with Gasteiger partial charge in [0, 0.05) is 13.0 Å². The van der Waals surface area contributed by atoms with Gasteiger partial charge in [0.05, 0.1) is 12.6 Å². The second-order valence-electron chi connectivity index (χ2n) is 6.22. The van der Waals surface area contributed by atoms with Gasteiger partial charge in [-0.25, -0.2) is 0 Å². The first-order chi connectivity index (χ1) is 11.6. The molecule has 2 aromatic rings. The molecule has 9 nitrogen and oxygen atoms in total.